The summed E-state index contributed by atoms with van der Waals surface area (Å²) in [5, 5.41) is 0. The van der Waals surface area contributed by atoms with Crippen molar-refractivity contribution in [3.63, 3.8) is 0 Å². The molecule has 0 unspecified atom stereocenters. The topological polar surface area (TPSA) is 47.9 Å². The summed E-state index contributed by atoms with van der Waals surface area (Å²) in [6.07, 6.45) is 3.22. The van der Waals surface area contributed by atoms with Crippen molar-refractivity contribution in [1.29, 1.82) is 0 Å². The van der Waals surface area contributed by atoms with Gasteiger partial charge in [0.15, 0.2) is 0 Å². The molecule has 0 aliphatic rings. The largest absolute Gasteiger partial charge is 0.467 e. The lowest BCUT2D eigenvalue weighted by molar-refractivity contribution is 0.375. The molecule has 0 saturated carbocycles. The summed E-state index contributed by atoms with van der Waals surface area (Å²) in [5.74, 6) is 0.701. The van der Waals surface area contributed by atoms with Crippen LogP contribution in [0.15, 0.2) is 0 Å². The van der Waals surface area contributed by atoms with Crippen LogP contribution in [0.1, 0.15) is 12.7 Å². The predicted molar refractivity (Wildman–Crippen MR) is 34.6 cm³/mol. The van der Waals surface area contributed by atoms with Gasteiger partial charge in [-0.2, -0.15) is 9.97 Å². The van der Waals surface area contributed by atoms with E-state index in [1.54, 1.807) is 0 Å². The van der Waals surface area contributed by atoms with E-state index in [0.717, 1.165) is 6.42 Å². The summed E-state index contributed by atoms with van der Waals surface area (Å²) >= 11 is 0. The molecule has 0 aliphatic carbocycles. The van der Waals surface area contributed by atoms with Gasteiger partial charge in [0.25, 0.3) is 0 Å². The van der Waals surface area contributed by atoms with Crippen LogP contribution in [0.5, 0.6) is 6.01 Å². The minimum Gasteiger partial charge on any atom is -0.467 e. The number of hydrogen-bond donors (Lipinski definition) is 0. The molecule has 0 saturated heterocycles. The van der Waals surface area contributed by atoms with Gasteiger partial charge in [-0.1, -0.05) is 6.92 Å². The first-order valence-electron chi connectivity index (χ1n) is 3.01. The molecule has 0 aliphatic heterocycles. The van der Waals surface area contributed by atoms with Gasteiger partial charge < -0.3 is 4.74 Å². The lowest BCUT2D eigenvalue weighted by Crippen LogP contribution is -1.98. The van der Waals surface area contributed by atoms with E-state index in [1.807, 2.05) is 6.92 Å². The Morgan fingerprint density at radius 3 is 2.90 bits per heavy atom. The van der Waals surface area contributed by atoms with Crippen molar-refractivity contribution in [1.82, 2.24) is 15.0 Å². The van der Waals surface area contributed by atoms with Crippen LogP contribution >= 0.6 is 0 Å². The van der Waals surface area contributed by atoms with E-state index in [0.29, 0.717) is 11.8 Å². The molecule has 0 spiro atoms. The minimum absolute atomic E-state index is 0.326. The smallest absolute Gasteiger partial charge is 0.320 e. The third-order valence-electron chi connectivity index (χ3n) is 1.05. The van der Waals surface area contributed by atoms with Crippen molar-refractivity contribution in [3.05, 3.63) is 12.2 Å². The molecule has 1 rings (SSSR count). The Bertz CT molecular complexity index is 195. The van der Waals surface area contributed by atoms with E-state index in [4.69, 9.17) is 4.74 Å². The number of nitrogens with zero attached hydrogens (tertiary/aromatic N) is 3. The molecule has 53 valence electrons. The summed E-state index contributed by atoms with van der Waals surface area (Å²) < 4.78 is 4.76. The highest BCUT2D eigenvalue weighted by Crippen LogP contribution is 1.97. The van der Waals surface area contributed by atoms with Gasteiger partial charge in [0.2, 0.25) is 6.33 Å². The molecule has 0 fully saturated rings. The van der Waals surface area contributed by atoms with Gasteiger partial charge in [0.05, 0.1) is 7.11 Å². The molecule has 0 aromatic carbocycles. The first kappa shape index (κ1) is 6.92. The van der Waals surface area contributed by atoms with Gasteiger partial charge in [-0.05, 0) is 0 Å². The number of aromatic nitrogens is 3. The van der Waals surface area contributed by atoms with E-state index in [-0.39, 0.29) is 0 Å². The zero-order chi connectivity index (χ0) is 7.40. The number of rotatable bonds is 2. The second kappa shape index (κ2) is 3.10. The molecular weight excluding hydrogens is 130 g/mol. The lowest BCUT2D eigenvalue weighted by Gasteiger charge is -1.95. The molecule has 4 nitrogen and oxygen atoms in total. The Morgan fingerprint density at radius 2 is 2.30 bits per heavy atom. The maximum Gasteiger partial charge on any atom is 0.320 e. The van der Waals surface area contributed by atoms with Crippen LogP contribution in [0.4, 0.5) is 0 Å². The van der Waals surface area contributed by atoms with Crippen LogP contribution in [0.2, 0.25) is 0 Å². The zero-order valence-electron chi connectivity index (χ0n) is 5.96. The van der Waals surface area contributed by atoms with Crippen LogP contribution < -0.4 is 4.74 Å². The van der Waals surface area contributed by atoms with Crippen LogP contribution in [0.3, 0.4) is 0 Å². The number of methoxy groups -OCH3 is 1. The molecule has 0 N–H and O–H groups in total. The third-order valence-corrected chi connectivity index (χ3v) is 1.05. The maximum absolute atomic E-state index is 4.76. The average molecular weight is 138 g/mol. The normalized spacial score (nSPS) is 9.40. The number of hydrogen-bond acceptors (Lipinski definition) is 4. The Labute approximate surface area is 59.3 Å². The fourth-order valence-corrected chi connectivity index (χ4v) is 0.535. The number of ether oxygens (including phenoxy) is 1. The molecular formula is C6H8N3O. The Hall–Kier alpha value is -1.19. The summed E-state index contributed by atoms with van der Waals surface area (Å²) in [6.45, 7) is 1.96. The van der Waals surface area contributed by atoms with E-state index in [1.165, 1.54) is 7.11 Å². The van der Waals surface area contributed by atoms with Crippen molar-refractivity contribution in [2.45, 2.75) is 13.3 Å². The molecule has 1 radical (unpaired) electrons. The highest BCUT2D eigenvalue weighted by atomic mass is 16.5. The third kappa shape index (κ3) is 1.40. The second-order valence-corrected chi connectivity index (χ2v) is 1.69. The first-order chi connectivity index (χ1) is 4.86. The van der Waals surface area contributed by atoms with Gasteiger partial charge in [-0.25, -0.2) is 4.98 Å². The van der Waals surface area contributed by atoms with Crippen LogP contribution in [-0.4, -0.2) is 22.1 Å². The molecule has 1 aromatic rings. The molecule has 10 heavy (non-hydrogen) atoms. The first-order valence-corrected chi connectivity index (χ1v) is 3.01. The molecule has 0 amide bonds. The van der Waals surface area contributed by atoms with Gasteiger partial charge >= 0.3 is 6.01 Å². The average Bonchev–Trinajstić information content (AvgIpc) is 2.05. The fourth-order valence-electron chi connectivity index (χ4n) is 0.535. The Balaban J connectivity index is 2.87. The van der Waals surface area contributed by atoms with Crippen LogP contribution in [0.25, 0.3) is 0 Å². The SMILES string of the molecule is CCc1n[c]nc(OC)n1. The van der Waals surface area contributed by atoms with Gasteiger partial charge in [-0.3, -0.25) is 0 Å². The van der Waals surface area contributed by atoms with Crippen molar-refractivity contribution in [2.75, 3.05) is 7.11 Å². The molecule has 0 bridgehead atoms. The number of aryl methyl sites for hydroxylation is 1. The van der Waals surface area contributed by atoms with E-state index in [2.05, 4.69) is 21.3 Å². The van der Waals surface area contributed by atoms with Gasteiger partial charge in [0, 0.05) is 6.42 Å². The fraction of sp³-hybridized carbons (Fsp3) is 0.500. The van der Waals surface area contributed by atoms with Crippen molar-refractivity contribution >= 4 is 0 Å². The van der Waals surface area contributed by atoms with Crippen molar-refractivity contribution in [3.8, 4) is 6.01 Å². The monoisotopic (exact) mass is 138 g/mol. The zero-order valence-corrected chi connectivity index (χ0v) is 5.96. The van der Waals surface area contributed by atoms with Crippen molar-refractivity contribution in [2.24, 2.45) is 0 Å². The Kier molecular flexibility index (Phi) is 2.15. The summed E-state index contributed by atoms with van der Waals surface area (Å²) in [4.78, 5) is 11.3. The highest BCUT2D eigenvalue weighted by Gasteiger charge is 1.96. The molecule has 1 aromatic heterocycles. The lowest BCUT2D eigenvalue weighted by atomic mass is 10.5. The van der Waals surface area contributed by atoms with E-state index < -0.39 is 0 Å². The van der Waals surface area contributed by atoms with Gasteiger partial charge in [0.1, 0.15) is 5.82 Å². The Morgan fingerprint density at radius 1 is 1.50 bits per heavy atom. The van der Waals surface area contributed by atoms with E-state index in [9.17, 15) is 0 Å². The van der Waals surface area contributed by atoms with Gasteiger partial charge in [-0.15, -0.1) is 0 Å². The quantitative estimate of drug-likeness (QED) is 0.587. The minimum atomic E-state index is 0.326. The summed E-state index contributed by atoms with van der Waals surface area (Å²) in [6, 6.07) is 0.326. The standard InChI is InChI=1S/C6H8N3O/c1-3-5-7-4-8-6(9-5)10-2/h3H2,1-2H3. The maximum atomic E-state index is 4.76. The van der Waals surface area contributed by atoms with E-state index >= 15 is 0 Å². The van der Waals surface area contributed by atoms with Crippen LogP contribution in [-0.2, 0) is 6.42 Å². The summed E-state index contributed by atoms with van der Waals surface area (Å²) in [5.41, 5.74) is 0. The molecule has 0 atom stereocenters. The second-order valence-electron chi connectivity index (χ2n) is 1.69. The highest BCUT2D eigenvalue weighted by molar-refractivity contribution is 4.93. The summed E-state index contributed by atoms with van der Waals surface area (Å²) in [7, 11) is 1.52. The molecule has 1 heterocycles. The van der Waals surface area contributed by atoms with Crippen molar-refractivity contribution < 1.29 is 4.74 Å². The van der Waals surface area contributed by atoms with Crippen LogP contribution in [0, 0.1) is 6.33 Å². The predicted octanol–water partition coefficient (Wildman–Crippen LogP) is 0.243. The molecule has 4 heteroatoms.